The van der Waals surface area contributed by atoms with Gasteiger partial charge in [0.05, 0.1) is 11.4 Å². The third kappa shape index (κ3) is 4.34. The van der Waals surface area contributed by atoms with Crippen molar-refractivity contribution >= 4 is 29.1 Å². The van der Waals surface area contributed by atoms with Gasteiger partial charge in [0.15, 0.2) is 5.78 Å². The van der Waals surface area contributed by atoms with E-state index in [4.69, 9.17) is 0 Å². The van der Waals surface area contributed by atoms with Crippen LogP contribution < -0.4 is 5.32 Å². The van der Waals surface area contributed by atoms with E-state index >= 15 is 0 Å². The van der Waals surface area contributed by atoms with Crippen LogP contribution in [-0.2, 0) is 4.79 Å². The lowest BCUT2D eigenvalue weighted by Crippen LogP contribution is -2.15. The molecule has 0 aliphatic carbocycles. The second-order valence-electron chi connectivity index (χ2n) is 5.68. The summed E-state index contributed by atoms with van der Waals surface area (Å²) in [6.45, 7) is 3.49. The van der Waals surface area contributed by atoms with Gasteiger partial charge < -0.3 is 5.32 Å². The highest BCUT2D eigenvalue weighted by Crippen LogP contribution is 2.19. The highest BCUT2D eigenvalue weighted by Gasteiger charge is 2.12. The molecule has 3 rings (SSSR count). The molecule has 0 saturated carbocycles. The van der Waals surface area contributed by atoms with Gasteiger partial charge in [-0.3, -0.25) is 9.59 Å². The SMILES string of the molecule is CC(=O)c1cccc(NC(=O)CSc2nnnn2-c2ccc(C)cc2)c1. The van der Waals surface area contributed by atoms with Crippen LogP contribution in [0.2, 0.25) is 0 Å². The van der Waals surface area contributed by atoms with Crippen molar-refractivity contribution in [1.29, 1.82) is 0 Å². The molecule has 1 heterocycles. The van der Waals surface area contributed by atoms with Crippen molar-refractivity contribution in [1.82, 2.24) is 20.2 Å². The Kier molecular flexibility index (Phi) is 5.43. The zero-order chi connectivity index (χ0) is 18.5. The van der Waals surface area contributed by atoms with Crippen LogP contribution in [0.25, 0.3) is 5.69 Å². The first kappa shape index (κ1) is 17.8. The van der Waals surface area contributed by atoms with E-state index < -0.39 is 0 Å². The van der Waals surface area contributed by atoms with Crippen LogP contribution in [0.1, 0.15) is 22.8 Å². The fourth-order valence-corrected chi connectivity index (χ4v) is 2.95. The number of tetrazole rings is 1. The summed E-state index contributed by atoms with van der Waals surface area (Å²) in [5.41, 5.74) is 3.11. The Morgan fingerprint density at radius 1 is 1.15 bits per heavy atom. The van der Waals surface area contributed by atoms with Crippen molar-refractivity contribution in [2.45, 2.75) is 19.0 Å². The van der Waals surface area contributed by atoms with Crippen molar-refractivity contribution in [3.63, 3.8) is 0 Å². The number of nitrogens with one attached hydrogen (secondary N) is 1. The zero-order valence-electron chi connectivity index (χ0n) is 14.3. The number of benzene rings is 2. The Balaban J connectivity index is 1.64. The summed E-state index contributed by atoms with van der Waals surface area (Å²) in [6.07, 6.45) is 0. The highest BCUT2D eigenvalue weighted by molar-refractivity contribution is 7.99. The monoisotopic (exact) mass is 367 g/mol. The van der Waals surface area contributed by atoms with Gasteiger partial charge in [-0.2, -0.15) is 4.68 Å². The predicted octanol–water partition coefficient (Wildman–Crippen LogP) is 2.90. The van der Waals surface area contributed by atoms with E-state index in [0.29, 0.717) is 16.4 Å². The van der Waals surface area contributed by atoms with Crippen molar-refractivity contribution < 1.29 is 9.59 Å². The topological polar surface area (TPSA) is 89.8 Å². The Morgan fingerprint density at radius 3 is 2.65 bits per heavy atom. The van der Waals surface area contributed by atoms with Gasteiger partial charge in [-0.05, 0) is 48.5 Å². The zero-order valence-corrected chi connectivity index (χ0v) is 15.2. The van der Waals surface area contributed by atoms with Gasteiger partial charge in [0, 0.05) is 11.3 Å². The van der Waals surface area contributed by atoms with E-state index in [1.165, 1.54) is 18.7 Å². The Hall–Kier alpha value is -3.00. The molecular formula is C18H17N5O2S. The number of carbonyl (C=O) groups is 2. The Labute approximate surface area is 154 Å². The molecule has 2 aromatic carbocycles. The molecule has 8 heteroatoms. The standard InChI is InChI=1S/C18H17N5O2S/c1-12-6-8-16(9-7-12)23-18(20-21-22-23)26-11-17(25)19-15-5-3-4-14(10-15)13(2)24/h3-10H,11H2,1-2H3,(H,19,25). The summed E-state index contributed by atoms with van der Waals surface area (Å²) in [5, 5.41) is 14.9. The fourth-order valence-electron chi connectivity index (χ4n) is 2.26. The number of rotatable bonds is 6. The van der Waals surface area contributed by atoms with Gasteiger partial charge in [0.2, 0.25) is 11.1 Å². The van der Waals surface area contributed by atoms with E-state index in [0.717, 1.165) is 11.3 Å². The number of amides is 1. The third-order valence-electron chi connectivity index (χ3n) is 3.60. The van der Waals surface area contributed by atoms with Gasteiger partial charge in [-0.25, -0.2) is 0 Å². The number of ketones is 1. The third-order valence-corrected chi connectivity index (χ3v) is 4.52. The van der Waals surface area contributed by atoms with E-state index in [2.05, 4.69) is 20.8 Å². The lowest BCUT2D eigenvalue weighted by molar-refractivity contribution is -0.113. The molecule has 0 unspecified atom stereocenters. The summed E-state index contributed by atoms with van der Waals surface area (Å²) in [4.78, 5) is 23.6. The van der Waals surface area contributed by atoms with E-state index in [-0.39, 0.29) is 17.4 Å². The van der Waals surface area contributed by atoms with Crippen molar-refractivity contribution in [3.05, 3.63) is 59.7 Å². The molecule has 0 radical (unpaired) electrons. The van der Waals surface area contributed by atoms with Crippen molar-refractivity contribution in [2.24, 2.45) is 0 Å². The maximum absolute atomic E-state index is 12.2. The number of hydrogen-bond acceptors (Lipinski definition) is 6. The van der Waals surface area contributed by atoms with Crippen LogP contribution in [-0.4, -0.2) is 37.7 Å². The number of thioether (sulfide) groups is 1. The maximum atomic E-state index is 12.2. The number of nitrogens with zero attached hydrogens (tertiary/aromatic N) is 4. The summed E-state index contributed by atoms with van der Waals surface area (Å²) < 4.78 is 1.59. The summed E-state index contributed by atoms with van der Waals surface area (Å²) >= 11 is 1.24. The van der Waals surface area contributed by atoms with Gasteiger partial charge in [-0.15, -0.1) is 5.10 Å². The van der Waals surface area contributed by atoms with Gasteiger partial charge in [-0.1, -0.05) is 41.6 Å². The molecule has 0 spiro atoms. The van der Waals surface area contributed by atoms with Crippen LogP contribution in [0.15, 0.2) is 53.7 Å². The van der Waals surface area contributed by atoms with Crippen LogP contribution in [0.5, 0.6) is 0 Å². The minimum Gasteiger partial charge on any atom is -0.325 e. The highest BCUT2D eigenvalue weighted by atomic mass is 32.2. The normalized spacial score (nSPS) is 10.5. The molecule has 132 valence electrons. The minimum absolute atomic E-state index is 0.0484. The average molecular weight is 367 g/mol. The van der Waals surface area contributed by atoms with Crippen LogP contribution >= 0.6 is 11.8 Å². The molecule has 7 nitrogen and oxygen atoms in total. The molecule has 0 fully saturated rings. The summed E-state index contributed by atoms with van der Waals surface area (Å²) in [6, 6.07) is 14.6. The second kappa shape index (κ2) is 7.92. The number of carbonyl (C=O) groups excluding carboxylic acids is 2. The largest absolute Gasteiger partial charge is 0.325 e. The molecule has 0 bridgehead atoms. The molecule has 0 saturated heterocycles. The molecule has 0 aliphatic heterocycles. The van der Waals surface area contributed by atoms with Crippen molar-refractivity contribution in [3.8, 4) is 5.69 Å². The average Bonchev–Trinajstić information content (AvgIpc) is 3.09. The first-order chi connectivity index (χ1) is 12.5. The second-order valence-corrected chi connectivity index (χ2v) is 6.63. The Morgan fingerprint density at radius 2 is 1.92 bits per heavy atom. The number of aromatic nitrogens is 4. The molecular weight excluding hydrogens is 350 g/mol. The molecule has 1 aromatic heterocycles. The number of anilines is 1. The summed E-state index contributed by atoms with van der Waals surface area (Å²) in [7, 11) is 0. The molecule has 3 aromatic rings. The molecule has 26 heavy (non-hydrogen) atoms. The van der Waals surface area contributed by atoms with E-state index in [9.17, 15) is 9.59 Å². The van der Waals surface area contributed by atoms with Crippen molar-refractivity contribution in [2.75, 3.05) is 11.1 Å². The first-order valence-electron chi connectivity index (χ1n) is 7.92. The summed E-state index contributed by atoms with van der Waals surface area (Å²) in [5.74, 6) is -0.0989. The maximum Gasteiger partial charge on any atom is 0.234 e. The van der Waals surface area contributed by atoms with E-state index in [1.807, 2.05) is 31.2 Å². The van der Waals surface area contributed by atoms with Gasteiger partial charge >= 0.3 is 0 Å². The molecule has 0 atom stereocenters. The lowest BCUT2D eigenvalue weighted by atomic mass is 10.1. The number of aryl methyl sites for hydroxylation is 1. The molecule has 1 amide bonds. The fraction of sp³-hybridized carbons (Fsp3) is 0.167. The van der Waals surface area contributed by atoms with Crippen LogP contribution in [0.4, 0.5) is 5.69 Å². The quantitative estimate of drug-likeness (QED) is 0.532. The molecule has 0 aliphatic rings. The van der Waals surface area contributed by atoms with Gasteiger partial charge in [0.1, 0.15) is 0 Å². The lowest BCUT2D eigenvalue weighted by Gasteiger charge is -2.07. The first-order valence-corrected chi connectivity index (χ1v) is 8.90. The van der Waals surface area contributed by atoms with Gasteiger partial charge in [0.25, 0.3) is 0 Å². The minimum atomic E-state index is -0.200. The molecule has 1 N–H and O–H groups in total. The van der Waals surface area contributed by atoms with Crippen LogP contribution in [0.3, 0.4) is 0 Å². The number of hydrogen-bond donors (Lipinski definition) is 1. The number of Topliss-reactive ketones (excluding diaryl/α,β-unsaturated/α-hetero) is 1. The Bertz CT molecular complexity index is 937. The smallest absolute Gasteiger partial charge is 0.234 e. The van der Waals surface area contributed by atoms with E-state index in [1.54, 1.807) is 28.9 Å². The van der Waals surface area contributed by atoms with Crippen LogP contribution in [0, 0.1) is 6.92 Å². The predicted molar refractivity (Wildman–Crippen MR) is 99.7 cm³/mol.